The van der Waals surface area contributed by atoms with E-state index >= 15 is 0 Å². The van der Waals surface area contributed by atoms with Gasteiger partial charge in [-0.25, -0.2) is 0 Å². The molecule has 2 aromatic rings. The number of rotatable bonds is 8. The van der Waals surface area contributed by atoms with Crippen molar-refractivity contribution >= 4 is 17.7 Å². The fourth-order valence-electron chi connectivity index (χ4n) is 2.57. The van der Waals surface area contributed by atoms with Gasteiger partial charge in [0.05, 0.1) is 12.5 Å². The van der Waals surface area contributed by atoms with Crippen molar-refractivity contribution in [2.24, 2.45) is 0 Å². The number of hydrazine groups is 1. The summed E-state index contributed by atoms with van der Waals surface area (Å²) in [6.07, 6.45) is 0.915. The van der Waals surface area contributed by atoms with Crippen molar-refractivity contribution in [3.63, 3.8) is 0 Å². The fraction of sp³-hybridized carbons (Fsp3) is 0.286. The lowest BCUT2D eigenvalue weighted by Gasteiger charge is -2.18. The molecule has 0 aliphatic rings. The summed E-state index contributed by atoms with van der Waals surface area (Å²) >= 11 is 0. The van der Waals surface area contributed by atoms with E-state index in [1.54, 1.807) is 12.1 Å². The Morgan fingerprint density at radius 3 is 2.18 bits per heavy atom. The summed E-state index contributed by atoms with van der Waals surface area (Å²) < 4.78 is 5.38. The number of carbonyl (C=O) groups excluding carboxylic acids is 3. The number of ether oxygens (including phenoxy) is 1. The van der Waals surface area contributed by atoms with E-state index in [2.05, 4.69) is 23.1 Å². The van der Waals surface area contributed by atoms with E-state index in [0.717, 1.165) is 12.0 Å². The zero-order valence-corrected chi connectivity index (χ0v) is 16.0. The van der Waals surface area contributed by atoms with Gasteiger partial charge in [-0.15, -0.1) is 0 Å². The second-order valence-corrected chi connectivity index (χ2v) is 6.25. The van der Waals surface area contributed by atoms with Crippen LogP contribution in [0.1, 0.15) is 37.4 Å². The summed E-state index contributed by atoms with van der Waals surface area (Å²) in [6.45, 7) is 3.22. The Hall–Kier alpha value is -3.35. The van der Waals surface area contributed by atoms with Crippen LogP contribution in [0.4, 0.5) is 0 Å². The van der Waals surface area contributed by atoms with E-state index in [9.17, 15) is 14.4 Å². The standard InChI is InChI=1S/C21H25N3O4/c1-3-16-9-11-18(12-10-16)28-14-21(27)24-23-20(26)13-19(22-15(2)25)17-7-5-4-6-8-17/h4-12,19H,3,13-14H2,1-2H3,(H,22,25)(H,23,26)(H,24,27)/t19-/m1/s1. The van der Waals surface area contributed by atoms with E-state index in [0.29, 0.717) is 5.75 Å². The minimum absolute atomic E-state index is 0.0107. The topological polar surface area (TPSA) is 96.5 Å². The van der Waals surface area contributed by atoms with Crippen molar-refractivity contribution < 1.29 is 19.1 Å². The maximum Gasteiger partial charge on any atom is 0.276 e. The molecule has 0 aromatic heterocycles. The Morgan fingerprint density at radius 1 is 0.929 bits per heavy atom. The van der Waals surface area contributed by atoms with Crippen LogP contribution >= 0.6 is 0 Å². The third kappa shape index (κ3) is 7.11. The van der Waals surface area contributed by atoms with Crippen LogP contribution in [0.25, 0.3) is 0 Å². The first kappa shape index (κ1) is 21.0. The average molecular weight is 383 g/mol. The molecule has 0 bridgehead atoms. The Bertz CT molecular complexity index is 791. The molecule has 1 atom stereocenters. The van der Waals surface area contributed by atoms with E-state index in [-0.39, 0.29) is 18.9 Å². The molecule has 0 aliphatic carbocycles. The monoisotopic (exact) mass is 383 g/mol. The number of aryl methyl sites for hydroxylation is 1. The fourth-order valence-corrected chi connectivity index (χ4v) is 2.57. The van der Waals surface area contributed by atoms with E-state index < -0.39 is 17.9 Å². The SMILES string of the molecule is CCc1ccc(OCC(=O)NNC(=O)C[C@@H](NC(C)=O)c2ccccc2)cc1. The molecule has 28 heavy (non-hydrogen) atoms. The van der Waals surface area contributed by atoms with Crippen molar-refractivity contribution in [3.05, 3.63) is 65.7 Å². The van der Waals surface area contributed by atoms with Gasteiger partial charge >= 0.3 is 0 Å². The lowest BCUT2D eigenvalue weighted by Crippen LogP contribution is -2.45. The zero-order chi connectivity index (χ0) is 20.4. The highest BCUT2D eigenvalue weighted by Gasteiger charge is 2.17. The first-order chi connectivity index (χ1) is 13.5. The van der Waals surface area contributed by atoms with Crippen molar-refractivity contribution in [3.8, 4) is 5.75 Å². The number of hydrogen-bond donors (Lipinski definition) is 3. The molecule has 0 aliphatic heterocycles. The first-order valence-electron chi connectivity index (χ1n) is 9.09. The normalized spacial score (nSPS) is 11.2. The van der Waals surface area contributed by atoms with E-state index in [1.807, 2.05) is 42.5 Å². The molecule has 0 fully saturated rings. The number of benzene rings is 2. The molecular weight excluding hydrogens is 358 g/mol. The second-order valence-electron chi connectivity index (χ2n) is 6.25. The van der Waals surface area contributed by atoms with Crippen LogP contribution < -0.4 is 20.9 Å². The smallest absolute Gasteiger partial charge is 0.276 e. The Labute approximate surface area is 164 Å². The van der Waals surface area contributed by atoms with E-state index in [4.69, 9.17) is 4.74 Å². The van der Waals surface area contributed by atoms with Gasteiger partial charge in [-0.3, -0.25) is 25.2 Å². The number of hydrogen-bond acceptors (Lipinski definition) is 4. The Balaban J connectivity index is 1.79. The van der Waals surface area contributed by atoms with Crippen molar-refractivity contribution in [2.45, 2.75) is 32.7 Å². The van der Waals surface area contributed by atoms with Crippen molar-refractivity contribution in [1.29, 1.82) is 0 Å². The predicted octanol–water partition coefficient (Wildman–Crippen LogP) is 2.04. The number of amides is 3. The highest BCUT2D eigenvalue weighted by Crippen LogP contribution is 2.16. The van der Waals surface area contributed by atoms with Crippen molar-refractivity contribution in [1.82, 2.24) is 16.2 Å². The highest BCUT2D eigenvalue weighted by molar-refractivity contribution is 5.83. The molecule has 148 valence electrons. The van der Waals surface area contributed by atoms with Crippen LogP contribution in [-0.4, -0.2) is 24.3 Å². The summed E-state index contributed by atoms with van der Waals surface area (Å²) in [5.41, 5.74) is 6.63. The van der Waals surface area contributed by atoms with Crippen LogP contribution in [0.15, 0.2) is 54.6 Å². The second kappa shape index (κ2) is 10.7. The number of carbonyl (C=O) groups is 3. The predicted molar refractivity (Wildman–Crippen MR) is 105 cm³/mol. The minimum atomic E-state index is -0.483. The van der Waals surface area contributed by atoms with E-state index in [1.165, 1.54) is 12.5 Å². The van der Waals surface area contributed by atoms with Crippen molar-refractivity contribution in [2.75, 3.05) is 6.61 Å². The van der Waals surface area contributed by atoms with Gasteiger partial charge in [0.15, 0.2) is 6.61 Å². The van der Waals surface area contributed by atoms with Gasteiger partial charge in [-0.2, -0.15) is 0 Å². The minimum Gasteiger partial charge on any atom is -0.484 e. The van der Waals surface area contributed by atoms with Gasteiger partial charge in [0, 0.05) is 6.92 Å². The molecule has 0 spiro atoms. The maximum absolute atomic E-state index is 12.1. The Kier molecular flexibility index (Phi) is 8.02. The molecule has 2 rings (SSSR count). The lowest BCUT2D eigenvalue weighted by molar-refractivity contribution is -0.130. The van der Waals surface area contributed by atoms with Crippen LogP contribution in [0, 0.1) is 0 Å². The molecule has 0 heterocycles. The van der Waals surface area contributed by atoms with Gasteiger partial charge in [0.25, 0.3) is 5.91 Å². The third-order valence-corrected chi connectivity index (χ3v) is 4.01. The summed E-state index contributed by atoms with van der Waals surface area (Å²) in [7, 11) is 0. The molecule has 0 saturated carbocycles. The molecule has 0 saturated heterocycles. The molecule has 0 unspecified atom stereocenters. The summed E-state index contributed by atoms with van der Waals surface area (Å²) in [6, 6.07) is 16.1. The molecule has 3 N–H and O–H groups in total. The van der Waals surface area contributed by atoms with Gasteiger partial charge in [0.1, 0.15) is 5.75 Å². The molecule has 2 aromatic carbocycles. The van der Waals surface area contributed by atoms with Gasteiger partial charge in [-0.05, 0) is 29.7 Å². The summed E-state index contributed by atoms with van der Waals surface area (Å²) in [5, 5.41) is 2.73. The number of nitrogens with one attached hydrogen (secondary N) is 3. The summed E-state index contributed by atoms with van der Waals surface area (Å²) in [5.74, 6) is -0.575. The van der Waals surface area contributed by atoms with Crippen LogP contribution in [0.5, 0.6) is 5.75 Å². The highest BCUT2D eigenvalue weighted by atomic mass is 16.5. The Morgan fingerprint density at radius 2 is 1.57 bits per heavy atom. The van der Waals surface area contributed by atoms with Gasteiger partial charge in [-0.1, -0.05) is 49.4 Å². The molecular formula is C21H25N3O4. The maximum atomic E-state index is 12.1. The van der Waals surface area contributed by atoms with Crippen LogP contribution in [0.2, 0.25) is 0 Å². The van der Waals surface area contributed by atoms with Gasteiger partial charge < -0.3 is 10.1 Å². The van der Waals surface area contributed by atoms with Gasteiger partial charge in [0.2, 0.25) is 11.8 Å². The molecule has 3 amide bonds. The first-order valence-corrected chi connectivity index (χ1v) is 9.09. The molecule has 0 radical (unpaired) electrons. The average Bonchev–Trinajstić information content (AvgIpc) is 2.71. The third-order valence-electron chi connectivity index (χ3n) is 4.01. The van der Waals surface area contributed by atoms with Crippen LogP contribution in [-0.2, 0) is 20.8 Å². The molecule has 7 nitrogen and oxygen atoms in total. The van der Waals surface area contributed by atoms with Crippen LogP contribution in [0.3, 0.4) is 0 Å². The summed E-state index contributed by atoms with van der Waals surface area (Å²) in [4.78, 5) is 35.4. The lowest BCUT2D eigenvalue weighted by atomic mass is 10.0. The largest absolute Gasteiger partial charge is 0.484 e. The quantitative estimate of drug-likeness (QED) is 0.608. The molecule has 7 heteroatoms. The zero-order valence-electron chi connectivity index (χ0n) is 16.0.